The number of hydrogen-bond donors (Lipinski definition) is 2. The average molecular weight is 207 g/mol. The van der Waals surface area contributed by atoms with Crippen molar-refractivity contribution in [2.45, 2.75) is 45.1 Å². The van der Waals surface area contributed by atoms with Crippen LogP contribution in [0, 0.1) is 5.41 Å². The first-order valence-corrected chi connectivity index (χ1v) is 5.22. The van der Waals surface area contributed by atoms with Crippen LogP contribution in [0.5, 0.6) is 0 Å². The highest BCUT2D eigenvalue weighted by molar-refractivity contribution is 4.87. The van der Waals surface area contributed by atoms with Crippen LogP contribution in [0.25, 0.3) is 0 Å². The van der Waals surface area contributed by atoms with E-state index in [4.69, 9.17) is 0 Å². The fourth-order valence-corrected chi connectivity index (χ4v) is 1.98. The number of alkyl halides is 2. The lowest BCUT2D eigenvalue weighted by Gasteiger charge is -2.28. The molecule has 1 fully saturated rings. The lowest BCUT2D eigenvalue weighted by molar-refractivity contribution is 0.0818. The molecule has 2 N–H and O–H groups in total. The molecule has 14 heavy (non-hydrogen) atoms. The van der Waals surface area contributed by atoms with E-state index >= 15 is 0 Å². The SMILES string of the molecule is CC(NCC1(CO)CCCC1)C(F)F. The van der Waals surface area contributed by atoms with Crippen LogP contribution in [-0.2, 0) is 0 Å². The maximum absolute atomic E-state index is 12.2. The quantitative estimate of drug-likeness (QED) is 0.720. The smallest absolute Gasteiger partial charge is 0.253 e. The van der Waals surface area contributed by atoms with Gasteiger partial charge in [-0.25, -0.2) is 8.78 Å². The van der Waals surface area contributed by atoms with Gasteiger partial charge in [0.2, 0.25) is 0 Å². The molecule has 0 heterocycles. The van der Waals surface area contributed by atoms with Crippen molar-refractivity contribution in [3.63, 3.8) is 0 Å². The molecule has 1 rings (SSSR count). The fraction of sp³-hybridized carbons (Fsp3) is 1.00. The zero-order valence-electron chi connectivity index (χ0n) is 8.60. The van der Waals surface area contributed by atoms with Gasteiger partial charge in [0.1, 0.15) is 0 Å². The highest BCUT2D eigenvalue weighted by Gasteiger charge is 2.33. The van der Waals surface area contributed by atoms with E-state index in [0.717, 1.165) is 25.7 Å². The number of nitrogens with one attached hydrogen (secondary N) is 1. The number of aliphatic hydroxyl groups excluding tert-OH is 1. The predicted molar refractivity (Wildman–Crippen MR) is 51.5 cm³/mol. The van der Waals surface area contributed by atoms with Crippen molar-refractivity contribution in [3.05, 3.63) is 0 Å². The molecular weight excluding hydrogens is 188 g/mol. The minimum absolute atomic E-state index is 0.107. The molecule has 1 saturated carbocycles. The Kier molecular flexibility index (Phi) is 4.26. The minimum atomic E-state index is -2.33. The molecule has 2 nitrogen and oxygen atoms in total. The standard InChI is InChI=1S/C10H19F2NO/c1-8(9(11)12)13-6-10(7-14)4-2-3-5-10/h8-9,13-14H,2-7H2,1H3. The maximum Gasteiger partial charge on any atom is 0.253 e. The van der Waals surface area contributed by atoms with Gasteiger partial charge < -0.3 is 10.4 Å². The Bertz CT molecular complexity index is 170. The Hall–Kier alpha value is -0.220. The minimum Gasteiger partial charge on any atom is -0.396 e. The lowest BCUT2D eigenvalue weighted by atomic mass is 9.87. The Morgan fingerprint density at radius 2 is 1.93 bits per heavy atom. The van der Waals surface area contributed by atoms with Crippen LogP contribution in [0.1, 0.15) is 32.6 Å². The third-order valence-electron chi connectivity index (χ3n) is 3.18. The van der Waals surface area contributed by atoms with E-state index in [1.165, 1.54) is 6.92 Å². The Morgan fingerprint density at radius 1 is 1.36 bits per heavy atom. The van der Waals surface area contributed by atoms with E-state index in [-0.39, 0.29) is 12.0 Å². The summed E-state index contributed by atoms with van der Waals surface area (Å²) in [6.07, 6.45) is 1.78. The summed E-state index contributed by atoms with van der Waals surface area (Å²) in [5.41, 5.74) is -0.136. The van der Waals surface area contributed by atoms with Crippen molar-refractivity contribution in [1.29, 1.82) is 0 Å². The van der Waals surface area contributed by atoms with E-state index in [0.29, 0.717) is 6.54 Å². The van der Waals surface area contributed by atoms with Gasteiger partial charge in [0.25, 0.3) is 6.43 Å². The van der Waals surface area contributed by atoms with Gasteiger partial charge >= 0.3 is 0 Å². The first-order valence-electron chi connectivity index (χ1n) is 5.22. The van der Waals surface area contributed by atoms with E-state index < -0.39 is 12.5 Å². The van der Waals surface area contributed by atoms with Crippen LogP contribution in [0.4, 0.5) is 8.78 Å². The Morgan fingerprint density at radius 3 is 2.36 bits per heavy atom. The summed E-state index contributed by atoms with van der Waals surface area (Å²) in [4.78, 5) is 0. The second-order valence-corrected chi connectivity index (χ2v) is 4.37. The second kappa shape index (κ2) is 5.03. The summed E-state index contributed by atoms with van der Waals surface area (Å²) in [7, 11) is 0. The van der Waals surface area contributed by atoms with Gasteiger partial charge in [-0.15, -0.1) is 0 Å². The topological polar surface area (TPSA) is 32.3 Å². The summed E-state index contributed by atoms with van der Waals surface area (Å²) in [6.45, 7) is 2.09. The van der Waals surface area contributed by atoms with E-state index in [1.54, 1.807) is 0 Å². The van der Waals surface area contributed by atoms with Crippen molar-refractivity contribution < 1.29 is 13.9 Å². The van der Waals surface area contributed by atoms with Gasteiger partial charge in [0, 0.05) is 18.6 Å². The van der Waals surface area contributed by atoms with Gasteiger partial charge in [0.15, 0.2) is 0 Å². The normalized spacial score (nSPS) is 22.9. The van der Waals surface area contributed by atoms with Crippen LogP contribution < -0.4 is 5.32 Å². The van der Waals surface area contributed by atoms with Gasteiger partial charge in [-0.2, -0.15) is 0 Å². The summed E-state index contributed by atoms with van der Waals surface area (Å²) >= 11 is 0. The molecule has 1 atom stereocenters. The van der Waals surface area contributed by atoms with Crippen LogP contribution in [0.15, 0.2) is 0 Å². The van der Waals surface area contributed by atoms with Gasteiger partial charge in [0.05, 0.1) is 6.04 Å². The highest BCUT2D eigenvalue weighted by Crippen LogP contribution is 2.37. The number of halogens is 2. The fourth-order valence-electron chi connectivity index (χ4n) is 1.98. The molecule has 0 saturated heterocycles. The molecule has 0 bridgehead atoms. The Labute approximate surface area is 83.7 Å². The summed E-state index contributed by atoms with van der Waals surface area (Å²) < 4.78 is 24.4. The third-order valence-corrected chi connectivity index (χ3v) is 3.18. The summed E-state index contributed by atoms with van der Waals surface area (Å²) in [5.74, 6) is 0. The van der Waals surface area contributed by atoms with E-state index in [2.05, 4.69) is 5.32 Å². The highest BCUT2D eigenvalue weighted by atomic mass is 19.3. The summed E-state index contributed by atoms with van der Waals surface area (Å²) in [5, 5.41) is 12.0. The first kappa shape index (κ1) is 11.9. The molecule has 4 heteroatoms. The van der Waals surface area contributed by atoms with Crippen molar-refractivity contribution in [2.24, 2.45) is 5.41 Å². The van der Waals surface area contributed by atoms with Crippen LogP contribution >= 0.6 is 0 Å². The van der Waals surface area contributed by atoms with Crippen LogP contribution in [0.3, 0.4) is 0 Å². The van der Waals surface area contributed by atoms with E-state index in [9.17, 15) is 13.9 Å². The molecule has 0 aliphatic heterocycles. The lowest BCUT2D eigenvalue weighted by Crippen LogP contribution is -2.42. The Balaban J connectivity index is 2.34. The van der Waals surface area contributed by atoms with E-state index in [1.807, 2.05) is 0 Å². The second-order valence-electron chi connectivity index (χ2n) is 4.37. The molecule has 0 aromatic rings. The van der Waals surface area contributed by atoms with Crippen molar-refractivity contribution in [2.75, 3.05) is 13.2 Å². The molecular formula is C10H19F2NO. The van der Waals surface area contributed by atoms with Gasteiger partial charge in [-0.1, -0.05) is 12.8 Å². The molecule has 0 aromatic heterocycles. The average Bonchev–Trinajstić information content (AvgIpc) is 2.63. The zero-order chi connectivity index (χ0) is 10.6. The molecule has 84 valence electrons. The molecule has 1 aliphatic rings. The largest absolute Gasteiger partial charge is 0.396 e. The molecule has 0 spiro atoms. The van der Waals surface area contributed by atoms with Crippen molar-refractivity contribution in [1.82, 2.24) is 5.32 Å². The molecule has 0 radical (unpaired) electrons. The molecule has 1 aliphatic carbocycles. The number of aliphatic hydroxyl groups is 1. The zero-order valence-corrected chi connectivity index (χ0v) is 8.60. The maximum atomic E-state index is 12.2. The molecule has 1 unspecified atom stereocenters. The van der Waals surface area contributed by atoms with Crippen molar-refractivity contribution in [3.8, 4) is 0 Å². The molecule has 0 amide bonds. The van der Waals surface area contributed by atoms with Gasteiger partial charge in [-0.3, -0.25) is 0 Å². The summed E-state index contributed by atoms with van der Waals surface area (Å²) in [6, 6.07) is -0.779. The molecule has 0 aromatic carbocycles. The van der Waals surface area contributed by atoms with Gasteiger partial charge in [-0.05, 0) is 19.8 Å². The predicted octanol–water partition coefficient (Wildman–Crippen LogP) is 1.78. The number of hydrogen-bond acceptors (Lipinski definition) is 2. The van der Waals surface area contributed by atoms with Crippen molar-refractivity contribution >= 4 is 0 Å². The first-order chi connectivity index (χ1) is 6.59. The van der Waals surface area contributed by atoms with Crippen LogP contribution in [-0.4, -0.2) is 30.7 Å². The monoisotopic (exact) mass is 207 g/mol. The number of rotatable bonds is 5. The third kappa shape index (κ3) is 2.89. The van der Waals surface area contributed by atoms with Crippen LogP contribution in [0.2, 0.25) is 0 Å².